The van der Waals surface area contributed by atoms with Crippen molar-refractivity contribution in [3.05, 3.63) is 0 Å². The maximum atomic E-state index is 5.85. The molecule has 0 unspecified atom stereocenters. The molecule has 0 aliphatic carbocycles. The van der Waals surface area contributed by atoms with Crippen LogP contribution in [0.2, 0.25) is 0 Å². The van der Waals surface area contributed by atoms with E-state index in [2.05, 4.69) is 30.9 Å². The topological polar surface area (TPSA) is 35.7 Å². The summed E-state index contributed by atoms with van der Waals surface area (Å²) in [6.07, 6.45) is 3.96. The van der Waals surface area contributed by atoms with Gasteiger partial charge in [0, 0.05) is 62.1 Å². The van der Waals surface area contributed by atoms with Gasteiger partial charge < -0.3 is 4.90 Å². The van der Waals surface area contributed by atoms with Gasteiger partial charge in [-0.15, -0.1) is 0 Å². The second-order valence-corrected chi connectivity index (χ2v) is 6.41. The van der Waals surface area contributed by atoms with Gasteiger partial charge in [-0.2, -0.15) is 0 Å². The van der Waals surface area contributed by atoms with E-state index in [0.717, 1.165) is 25.6 Å². The van der Waals surface area contributed by atoms with E-state index >= 15 is 0 Å². The van der Waals surface area contributed by atoms with Crippen LogP contribution in [0.15, 0.2) is 0 Å². The van der Waals surface area contributed by atoms with Gasteiger partial charge >= 0.3 is 0 Å². The second kappa shape index (κ2) is 6.49. The number of nitrogens with two attached hydrogens (primary N) is 1. The minimum Gasteiger partial charge on any atom is -0.302 e. The predicted molar refractivity (Wildman–Crippen MR) is 75.1 cm³/mol. The van der Waals surface area contributed by atoms with E-state index in [1.807, 2.05) is 5.01 Å². The zero-order valence-corrected chi connectivity index (χ0v) is 12.1. The molecule has 0 aromatic heterocycles. The average Bonchev–Trinajstić information content (AvgIpc) is 2.47. The van der Waals surface area contributed by atoms with Crippen molar-refractivity contribution in [2.75, 3.05) is 45.8 Å². The molecule has 2 aliphatic rings. The van der Waals surface area contributed by atoms with E-state index in [1.54, 1.807) is 0 Å². The molecule has 0 bridgehead atoms. The highest BCUT2D eigenvalue weighted by atomic mass is 127. The molecule has 2 saturated heterocycles. The van der Waals surface area contributed by atoms with Crippen molar-refractivity contribution in [3.63, 3.8) is 0 Å². The SMILES string of the molecule is NN1CCCN(CC2CCN(I)CC2)CC1. The fourth-order valence-corrected chi connectivity index (χ4v) is 3.18. The van der Waals surface area contributed by atoms with Crippen molar-refractivity contribution < 1.29 is 0 Å². The molecular weight excluding hydrogens is 315 g/mol. The molecule has 0 atom stereocenters. The lowest BCUT2D eigenvalue weighted by molar-refractivity contribution is 0.193. The molecule has 5 heteroatoms. The van der Waals surface area contributed by atoms with Crippen LogP contribution in [0, 0.1) is 5.92 Å². The molecule has 0 saturated carbocycles. The Kier molecular flexibility index (Phi) is 5.28. The number of hydrazine groups is 1. The van der Waals surface area contributed by atoms with Gasteiger partial charge in [-0.05, 0) is 31.7 Å². The normalized spacial score (nSPS) is 28.1. The lowest BCUT2D eigenvalue weighted by atomic mass is 9.97. The van der Waals surface area contributed by atoms with Crippen LogP contribution >= 0.6 is 22.9 Å². The van der Waals surface area contributed by atoms with Gasteiger partial charge in [0.15, 0.2) is 0 Å². The van der Waals surface area contributed by atoms with Crippen LogP contribution in [0.4, 0.5) is 0 Å². The maximum absolute atomic E-state index is 5.85. The summed E-state index contributed by atoms with van der Waals surface area (Å²) in [6.45, 7) is 8.30. The zero-order valence-electron chi connectivity index (χ0n) is 9.95. The zero-order chi connectivity index (χ0) is 11.4. The highest BCUT2D eigenvalue weighted by molar-refractivity contribution is 14.1. The third kappa shape index (κ3) is 4.10. The predicted octanol–water partition coefficient (Wildman–Crippen LogP) is 0.930. The monoisotopic (exact) mass is 338 g/mol. The summed E-state index contributed by atoms with van der Waals surface area (Å²) in [5, 5.41) is 1.97. The Bertz CT molecular complexity index is 206. The summed E-state index contributed by atoms with van der Waals surface area (Å²) >= 11 is 2.44. The number of hydrogen-bond acceptors (Lipinski definition) is 4. The third-order valence-corrected chi connectivity index (χ3v) is 4.66. The first-order chi connectivity index (χ1) is 7.74. The van der Waals surface area contributed by atoms with Crippen molar-refractivity contribution >= 4 is 22.9 Å². The fourth-order valence-electron chi connectivity index (χ4n) is 2.62. The first kappa shape index (κ1) is 13.0. The van der Waals surface area contributed by atoms with E-state index in [0.29, 0.717) is 0 Å². The van der Waals surface area contributed by atoms with Crippen LogP contribution in [0.25, 0.3) is 0 Å². The smallest absolute Gasteiger partial charge is 0.0256 e. The number of rotatable bonds is 2. The van der Waals surface area contributed by atoms with Gasteiger partial charge in [0.1, 0.15) is 0 Å². The summed E-state index contributed by atoms with van der Waals surface area (Å²) in [5.74, 6) is 6.76. The Balaban J connectivity index is 1.72. The van der Waals surface area contributed by atoms with Crippen LogP contribution in [0.1, 0.15) is 19.3 Å². The molecule has 0 spiro atoms. The summed E-state index contributed by atoms with van der Waals surface area (Å²) in [6, 6.07) is 0. The minimum absolute atomic E-state index is 0.912. The first-order valence-corrected chi connectivity index (χ1v) is 7.33. The van der Waals surface area contributed by atoms with Gasteiger partial charge in [0.05, 0.1) is 0 Å². The molecule has 2 N–H and O–H groups in total. The quantitative estimate of drug-likeness (QED) is 0.462. The van der Waals surface area contributed by atoms with Crippen LogP contribution in [-0.4, -0.2) is 58.8 Å². The van der Waals surface area contributed by atoms with Gasteiger partial charge in [0.2, 0.25) is 0 Å². The highest BCUT2D eigenvalue weighted by Gasteiger charge is 2.21. The van der Waals surface area contributed by atoms with E-state index in [9.17, 15) is 0 Å². The molecule has 0 radical (unpaired) electrons. The maximum Gasteiger partial charge on any atom is 0.0256 e. The number of nitrogens with zero attached hydrogens (tertiary/aromatic N) is 3. The van der Waals surface area contributed by atoms with Crippen LogP contribution in [0.5, 0.6) is 0 Å². The minimum atomic E-state index is 0.912. The molecule has 0 aromatic carbocycles. The van der Waals surface area contributed by atoms with Gasteiger partial charge in [-0.3, -0.25) is 5.84 Å². The lowest BCUT2D eigenvalue weighted by Gasteiger charge is -2.31. The second-order valence-electron chi connectivity index (χ2n) is 5.04. The van der Waals surface area contributed by atoms with E-state index in [4.69, 9.17) is 5.84 Å². The molecule has 2 fully saturated rings. The average molecular weight is 338 g/mol. The van der Waals surface area contributed by atoms with Gasteiger partial charge in [0.25, 0.3) is 0 Å². The summed E-state index contributed by atoms with van der Waals surface area (Å²) in [7, 11) is 0. The molecule has 0 amide bonds. The Morgan fingerprint density at radius 2 is 1.75 bits per heavy atom. The van der Waals surface area contributed by atoms with Crippen LogP contribution in [0.3, 0.4) is 0 Å². The van der Waals surface area contributed by atoms with Crippen LogP contribution in [-0.2, 0) is 0 Å². The Morgan fingerprint density at radius 1 is 1.00 bits per heavy atom. The summed E-state index contributed by atoms with van der Waals surface area (Å²) in [4.78, 5) is 2.61. The Morgan fingerprint density at radius 3 is 2.50 bits per heavy atom. The fraction of sp³-hybridized carbons (Fsp3) is 1.00. The van der Waals surface area contributed by atoms with Crippen molar-refractivity contribution in [1.82, 2.24) is 13.0 Å². The lowest BCUT2D eigenvalue weighted by Crippen LogP contribution is -2.38. The molecular formula is C11H23IN4. The van der Waals surface area contributed by atoms with Gasteiger partial charge in [-0.1, -0.05) is 0 Å². The molecule has 2 heterocycles. The molecule has 2 aliphatic heterocycles. The molecule has 4 nitrogen and oxygen atoms in total. The third-order valence-electron chi connectivity index (χ3n) is 3.70. The van der Waals surface area contributed by atoms with Crippen molar-refractivity contribution in [1.29, 1.82) is 0 Å². The first-order valence-electron chi connectivity index (χ1n) is 6.37. The molecule has 2 rings (SSSR count). The number of piperidine rings is 1. The molecule has 16 heavy (non-hydrogen) atoms. The van der Waals surface area contributed by atoms with Gasteiger partial charge in [-0.25, -0.2) is 8.12 Å². The molecule has 0 aromatic rings. The number of halogens is 1. The van der Waals surface area contributed by atoms with E-state index < -0.39 is 0 Å². The number of hydrogen-bond donors (Lipinski definition) is 1. The highest BCUT2D eigenvalue weighted by Crippen LogP contribution is 2.20. The van der Waals surface area contributed by atoms with Crippen molar-refractivity contribution in [3.8, 4) is 0 Å². The van der Waals surface area contributed by atoms with Crippen molar-refractivity contribution in [2.24, 2.45) is 11.8 Å². The van der Waals surface area contributed by atoms with E-state index in [-0.39, 0.29) is 0 Å². The Labute approximate surface area is 113 Å². The summed E-state index contributed by atoms with van der Waals surface area (Å²) in [5.41, 5.74) is 0. The standard InChI is InChI=1S/C11H23IN4/c12-15-6-2-11(3-7-15)10-14-4-1-5-16(13)9-8-14/h11H,1-10,13H2. The van der Waals surface area contributed by atoms with Crippen molar-refractivity contribution in [2.45, 2.75) is 19.3 Å². The van der Waals surface area contributed by atoms with E-state index in [1.165, 1.54) is 45.4 Å². The molecule has 94 valence electrons. The summed E-state index contributed by atoms with van der Waals surface area (Å²) < 4.78 is 2.41. The Hall–Kier alpha value is 0.570. The largest absolute Gasteiger partial charge is 0.302 e. The van der Waals surface area contributed by atoms with Crippen LogP contribution < -0.4 is 5.84 Å².